The minimum absolute atomic E-state index is 0.179. The van der Waals surface area contributed by atoms with Crippen LogP contribution in [0.25, 0.3) is 0 Å². The van der Waals surface area contributed by atoms with Crippen LogP contribution in [0.15, 0.2) is 12.1 Å². The molecule has 1 aromatic rings. The Bertz CT molecular complexity index is 494. The quantitative estimate of drug-likeness (QED) is 0.828. The zero-order chi connectivity index (χ0) is 14.0. The van der Waals surface area contributed by atoms with Gasteiger partial charge in [-0.2, -0.15) is 0 Å². The topological polar surface area (TPSA) is 41.6 Å². The van der Waals surface area contributed by atoms with Gasteiger partial charge in [0.1, 0.15) is 0 Å². The molecule has 0 amide bonds. The third-order valence-electron chi connectivity index (χ3n) is 3.18. The average Bonchev–Trinajstić information content (AvgIpc) is 2.41. The van der Waals surface area contributed by atoms with Gasteiger partial charge in [-0.15, -0.1) is 0 Å². The molecule has 0 radical (unpaired) electrons. The molecule has 0 aliphatic carbocycles. The molecule has 19 heavy (non-hydrogen) atoms. The number of benzene rings is 1. The first-order valence-corrected chi connectivity index (χ1v) is 6.09. The lowest BCUT2D eigenvalue weighted by atomic mass is 10.1. The van der Waals surface area contributed by atoms with E-state index in [0.717, 1.165) is 7.11 Å². The Morgan fingerprint density at radius 2 is 2.16 bits per heavy atom. The maximum absolute atomic E-state index is 14.0. The number of hydrogen-bond acceptors (Lipinski definition) is 4. The summed E-state index contributed by atoms with van der Waals surface area (Å²) in [6, 6.07) is 2.88. The normalized spacial score (nSPS) is 19.4. The lowest BCUT2D eigenvalue weighted by Gasteiger charge is -2.33. The second-order valence-electron chi connectivity index (χ2n) is 4.55. The maximum Gasteiger partial charge on any atom is 0.340 e. The van der Waals surface area contributed by atoms with Crippen LogP contribution in [-0.2, 0) is 4.74 Å². The lowest BCUT2D eigenvalue weighted by molar-refractivity contribution is 0.0594. The summed E-state index contributed by atoms with van der Waals surface area (Å²) < 4.78 is 32.3. The van der Waals surface area contributed by atoms with Crippen molar-refractivity contribution in [1.29, 1.82) is 0 Å². The number of carbonyl (C=O) groups is 1. The van der Waals surface area contributed by atoms with Gasteiger partial charge >= 0.3 is 5.97 Å². The Kier molecular flexibility index (Phi) is 3.99. The van der Waals surface area contributed by atoms with Crippen molar-refractivity contribution in [2.75, 3.05) is 31.6 Å². The predicted octanol–water partition coefficient (Wildman–Crippen LogP) is 1.55. The van der Waals surface area contributed by atoms with Crippen molar-refractivity contribution in [3.05, 3.63) is 29.3 Å². The highest BCUT2D eigenvalue weighted by molar-refractivity contribution is 5.90. The van der Waals surface area contributed by atoms with Crippen molar-refractivity contribution >= 4 is 11.7 Å². The van der Waals surface area contributed by atoms with Crippen LogP contribution in [-0.4, -0.2) is 38.8 Å². The minimum Gasteiger partial charge on any atom is -0.465 e. The van der Waals surface area contributed by atoms with Gasteiger partial charge in [0.25, 0.3) is 0 Å². The highest BCUT2D eigenvalue weighted by atomic mass is 19.2. The number of nitrogens with one attached hydrogen (secondary N) is 1. The average molecular weight is 270 g/mol. The molecule has 104 valence electrons. The summed E-state index contributed by atoms with van der Waals surface area (Å²) in [7, 11) is 1.13. The smallest absolute Gasteiger partial charge is 0.340 e. The number of hydrogen-bond donors (Lipinski definition) is 1. The first-order chi connectivity index (χ1) is 9.04. The molecule has 4 nitrogen and oxygen atoms in total. The molecule has 1 unspecified atom stereocenters. The molecular weight excluding hydrogens is 254 g/mol. The molecule has 0 spiro atoms. The van der Waals surface area contributed by atoms with Gasteiger partial charge in [0, 0.05) is 25.7 Å². The van der Waals surface area contributed by atoms with Gasteiger partial charge in [0.05, 0.1) is 18.4 Å². The predicted molar refractivity (Wildman–Crippen MR) is 67.4 cm³/mol. The van der Waals surface area contributed by atoms with Crippen molar-refractivity contribution in [3.63, 3.8) is 0 Å². The third kappa shape index (κ3) is 2.68. The Hall–Kier alpha value is -1.69. The number of ether oxygens (including phenoxy) is 1. The summed E-state index contributed by atoms with van der Waals surface area (Å²) in [6.07, 6.45) is 0. The Balaban J connectivity index is 2.33. The number of anilines is 1. The Morgan fingerprint density at radius 1 is 1.42 bits per heavy atom. The maximum atomic E-state index is 14.0. The van der Waals surface area contributed by atoms with Crippen LogP contribution in [0.2, 0.25) is 0 Å². The van der Waals surface area contributed by atoms with E-state index in [0.29, 0.717) is 19.6 Å². The third-order valence-corrected chi connectivity index (χ3v) is 3.18. The van der Waals surface area contributed by atoms with E-state index in [-0.39, 0.29) is 17.3 Å². The van der Waals surface area contributed by atoms with Crippen LogP contribution >= 0.6 is 0 Å². The molecule has 1 aliphatic rings. The number of halogens is 2. The zero-order valence-corrected chi connectivity index (χ0v) is 10.9. The summed E-state index contributed by atoms with van der Waals surface area (Å²) in [6.45, 7) is 3.87. The molecule has 1 saturated heterocycles. The van der Waals surface area contributed by atoms with Crippen LogP contribution in [0.1, 0.15) is 17.3 Å². The van der Waals surface area contributed by atoms with Crippen molar-refractivity contribution < 1.29 is 18.3 Å². The van der Waals surface area contributed by atoms with Crippen LogP contribution in [0.4, 0.5) is 14.5 Å². The highest BCUT2D eigenvalue weighted by Crippen LogP contribution is 2.25. The van der Waals surface area contributed by atoms with E-state index < -0.39 is 17.6 Å². The summed E-state index contributed by atoms with van der Waals surface area (Å²) in [4.78, 5) is 13.0. The monoisotopic (exact) mass is 270 g/mol. The summed E-state index contributed by atoms with van der Waals surface area (Å²) in [5.41, 5.74) is -0.203. The fraction of sp³-hybridized carbons (Fsp3) is 0.462. The first-order valence-electron chi connectivity index (χ1n) is 6.09. The second-order valence-corrected chi connectivity index (χ2v) is 4.55. The molecule has 1 aliphatic heterocycles. The van der Waals surface area contributed by atoms with E-state index in [4.69, 9.17) is 0 Å². The van der Waals surface area contributed by atoms with E-state index in [1.807, 2.05) is 6.92 Å². The fourth-order valence-electron chi connectivity index (χ4n) is 2.20. The van der Waals surface area contributed by atoms with Gasteiger partial charge in [0.15, 0.2) is 11.6 Å². The van der Waals surface area contributed by atoms with Crippen molar-refractivity contribution in [2.45, 2.75) is 13.0 Å². The van der Waals surface area contributed by atoms with E-state index in [1.54, 1.807) is 4.90 Å². The van der Waals surface area contributed by atoms with Crippen molar-refractivity contribution in [3.8, 4) is 0 Å². The van der Waals surface area contributed by atoms with Crippen LogP contribution in [0, 0.1) is 11.6 Å². The minimum atomic E-state index is -1.16. The van der Waals surface area contributed by atoms with E-state index in [9.17, 15) is 13.6 Å². The molecule has 0 aromatic heterocycles. The van der Waals surface area contributed by atoms with Crippen LogP contribution in [0.5, 0.6) is 0 Å². The van der Waals surface area contributed by atoms with Crippen molar-refractivity contribution in [2.24, 2.45) is 0 Å². The van der Waals surface area contributed by atoms with E-state index in [2.05, 4.69) is 10.1 Å². The van der Waals surface area contributed by atoms with Crippen molar-refractivity contribution in [1.82, 2.24) is 5.32 Å². The molecule has 6 heteroatoms. The number of esters is 1. The number of methoxy groups -OCH3 is 1. The molecule has 0 saturated carbocycles. The molecular formula is C13H16F2N2O2. The molecule has 1 fully saturated rings. The van der Waals surface area contributed by atoms with Crippen LogP contribution in [0.3, 0.4) is 0 Å². The van der Waals surface area contributed by atoms with E-state index >= 15 is 0 Å². The lowest BCUT2D eigenvalue weighted by Crippen LogP contribution is -2.49. The molecule has 2 rings (SSSR count). The molecule has 1 aromatic carbocycles. The highest BCUT2D eigenvalue weighted by Gasteiger charge is 2.24. The molecule has 0 bridgehead atoms. The summed E-state index contributed by atoms with van der Waals surface area (Å²) >= 11 is 0. The SMILES string of the molecule is COC(=O)c1ccc(N2CCNC(C)C2)c(F)c1F. The van der Waals surface area contributed by atoms with Gasteiger partial charge in [-0.3, -0.25) is 0 Å². The van der Waals surface area contributed by atoms with Gasteiger partial charge in [0.2, 0.25) is 0 Å². The molecule has 1 atom stereocenters. The van der Waals surface area contributed by atoms with E-state index in [1.165, 1.54) is 12.1 Å². The summed E-state index contributed by atoms with van der Waals surface area (Å²) in [5.74, 6) is -3.04. The number of carbonyl (C=O) groups excluding carboxylic acids is 1. The number of piperazine rings is 1. The van der Waals surface area contributed by atoms with Gasteiger partial charge in [-0.25, -0.2) is 13.6 Å². The second kappa shape index (κ2) is 5.52. The number of rotatable bonds is 2. The standard InChI is InChI=1S/C13H16F2N2O2/c1-8-7-17(6-5-16-8)10-4-3-9(13(18)19-2)11(14)12(10)15/h3-4,8,16H,5-7H2,1-2H3. The van der Waals surface area contributed by atoms with Gasteiger partial charge in [-0.05, 0) is 19.1 Å². The van der Waals surface area contributed by atoms with Gasteiger partial charge < -0.3 is 15.0 Å². The van der Waals surface area contributed by atoms with Gasteiger partial charge in [-0.1, -0.05) is 0 Å². The zero-order valence-electron chi connectivity index (χ0n) is 10.9. The summed E-state index contributed by atoms with van der Waals surface area (Å²) in [5, 5.41) is 3.22. The fourth-order valence-corrected chi connectivity index (χ4v) is 2.20. The molecule has 1 heterocycles. The largest absolute Gasteiger partial charge is 0.465 e. The first kappa shape index (κ1) is 13.7. The molecule has 1 N–H and O–H groups in total. The number of nitrogens with zero attached hydrogens (tertiary/aromatic N) is 1. The Labute approximate surface area is 110 Å². The van der Waals surface area contributed by atoms with Crippen LogP contribution < -0.4 is 10.2 Å². The Morgan fingerprint density at radius 3 is 2.79 bits per heavy atom.